The van der Waals surface area contributed by atoms with Gasteiger partial charge in [0.1, 0.15) is 11.9 Å². The van der Waals surface area contributed by atoms with Gasteiger partial charge < -0.3 is 15.4 Å². The molecular formula is C9H18N4O. The molecule has 1 rings (SSSR count). The van der Waals surface area contributed by atoms with Crippen molar-refractivity contribution in [1.29, 1.82) is 0 Å². The Balaban J connectivity index is 2.96. The van der Waals surface area contributed by atoms with Crippen molar-refractivity contribution >= 4 is 0 Å². The molecular weight excluding hydrogens is 180 g/mol. The molecule has 0 saturated heterocycles. The number of nitrogens with zero attached hydrogens (tertiary/aromatic N) is 3. The molecule has 14 heavy (non-hydrogen) atoms. The number of rotatable bonds is 4. The summed E-state index contributed by atoms with van der Waals surface area (Å²) >= 11 is 0. The van der Waals surface area contributed by atoms with Crippen LogP contribution in [0.5, 0.6) is 0 Å². The molecule has 0 aliphatic rings. The summed E-state index contributed by atoms with van der Waals surface area (Å²) in [5, 5.41) is 17.7. The molecule has 5 heteroatoms. The Hall–Kier alpha value is -0.940. The number of aryl methyl sites for hydroxylation is 1. The van der Waals surface area contributed by atoms with Crippen LogP contribution >= 0.6 is 0 Å². The molecule has 0 aliphatic carbocycles. The standard InChI is InChI=1S/C9H18N4O/c1-6(2)13-7(3)11-12-9(13)8(14)4-5-10/h6,8,14H,4-5,10H2,1-3H3/t8-/m0/s1. The zero-order chi connectivity index (χ0) is 10.7. The minimum absolute atomic E-state index is 0.257. The van der Waals surface area contributed by atoms with Gasteiger partial charge in [0.2, 0.25) is 0 Å². The summed E-state index contributed by atoms with van der Waals surface area (Å²) in [7, 11) is 0. The van der Waals surface area contributed by atoms with Crippen LogP contribution in [0.25, 0.3) is 0 Å². The van der Waals surface area contributed by atoms with Crippen LogP contribution in [0, 0.1) is 6.92 Å². The highest BCUT2D eigenvalue weighted by atomic mass is 16.3. The van der Waals surface area contributed by atoms with Crippen molar-refractivity contribution in [2.45, 2.75) is 39.3 Å². The van der Waals surface area contributed by atoms with Gasteiger partial charge in [0, 0.05) is 6.04 Å². The lowest BCUT2D eigenvalue weighted by Crippen LogP contribution is -2.15. The number of nitrogens with two attached hydrogens (primary N) is 1. The molecule has 0 aromatic carbocycles. The second-order valence-electron chi connectivity index (χ2n) is 3.66. The van der Waals surface area contributed by atoms with Gasteiger partial charge >= 0.3 is 0 Å². The monoisotopic (exact) mass is 198 g/mol. The highest BCUT2D eigenvalue weighted by molar-refractivity contribution is 4.99. The number of hydrogen-bond acceptors (Lipinski definition) is 4. The molecule has 0 radical (unpaired) electrons. The molecule has 0 spiro atoms. The summed E-state index contributed by atoms with van der Waals surface area (Å²) in [6, 6.07) is 0.257. The molecule has 0 bridgehead atoms. The maximum absolute atomic E-state index is 9.76. The Bertz CT molecular complexity index is 295. The Labute approximate surface area is 83.9 Å². The molecule has 0 saturated carbocycles. The number of aliphatic hydroxyl groups excluding tert-OH is 1. The minimum atomic E-state index is -0.608. The first-order chi connectivity index (χ1) is 6.57. The summed E-state index contributed by atoms with van der Waals surface area (Å²) in [6.07, 6.45) is -0.0891. The third-order valence-corrected chi connectivity index (χ3v) is 2.15. The van der Waals surface area contributed by atoms with Crippen molar-refractivity contribution in [1.82, 2.24) is 14.8 Å². The predicted molar refractivity (Wildman–Crippen MR) is 53.8 cm³/mol. The Kier molecular flexibility index (Phi) is 3.60. The SMILES string of the molecule is Cc1nnc([C@@H](O)CCN)n1C(C)C. The summed E-state index contributed by atoms with van der Waals surface area (Å²) in [6.45, 7) is 6.40. The molecule has 0 amide bonds. The largest absolute Gasteiger partial charge is 0.385 e. The van der Waals surface area contributed by atoms with Crippen molar-refractivity contribution in [3.05, 3.63) is 11.6 Å². The molecule has 1 aromatic rings. The van der Waals surface area contributed by atoms with Gasteiger partial charge in [0.25, 0.3) is 0 Å². The van der Waals surface area contributed by atoms with Crippen LogP contribution in [-0.4, -0.2) is 26.4 Å². The lowest BCUT2D eigenvalue weighted by atomic mass is 10.2. The number of hydrogen-bond donors (Lipinski definition) is 2. The van der Waals surface area contributed by atoms with E-state index in [4.69, 9.17) is 5.73 Å². The lowest BCUT2D eigenvalue weighted by molar-refractivity contribution is 0.153. The fraction of sp³-hybridized carbons (Fsp3) is 0.778. The highest BCUT2D eigenvalue weighted by Crippen LogP contribution is 2.18. The minimum Gasteiger partial charge on any atom is -0.385 e. The van der Waals surface area contributed by atoms with Crippen molar-refractivity contribution in [3.63, 3.8) is 0 Å². The molecule has 0 fully saturated rings. The molecule has 3 N–H and O–H groups in total. The third-order valence-electron chi connectivity index (χ3n) is 2.15. The van der Waals surface area contributed by atoms with Crippen molar-refractivity contribution < 1.29 is 5.11 Å². The van der Waals surface area contributed by atoms with E-state index in [0.29, 0.717) is 18.8 Å². The Morgan fingerprint density at radius 2 is 2.07 bits per heavy atom. The zero-order valence-corrected chi connectivity index (χ0v) is 8.94. The summed E-state index contributed by atoms with van der Waals surface area (Å²) in [4.78, 5) is 0. The van der Waals surface area contributed by atoms with E-state index in [1.165, 1.54) is 0 Å². The highest BCUT2D eigenvalue weighted by Gasteiger charge is 2.18. The molecule has 80 valence electrons. The smallest absolute Gasteiger partial charge is 0.162 e. The van der Waals surface area contributed by atoms with Crippen LogP contribution in [-0.2, 0) is 0 Å². The van der Waals surface area contributed by atoms with Gasteiger partial charge in [-0.3, -0.25) is 0 Å². The Morgan fingerprint density at radius 1 is 1.43 bits per heavy atom. The van der Waals surface area contributed by atoms with Gasteiger partial charge in [-0.2, -0.15) is 0 Å². The van der Waals surface area contributed by atoms with Gasteiger partial charge in [0.15, 0.2) is 5.82 Å². The van der Waals surface area contributed by atoms with Gasteiger partial charge in [-0.05, 0) is 33.7 Å². The Morgan fingerprint density at radius 3 is 2.57 bits per heavy atom. The van der Waals surface area contributed by atoms with E-state index in [9.17, 15) is 5.11 Å². The van der Waals surface area contributed by atoms with Gasteiger partial charge in [-0.1, -0.05) is 0 Å². The van der Waals surface area contributed by atoms with Gasteiger partial charge in [0.05, 0.1) is 0 Å². The average molecular weight is 198 g/mol. The third kappa shape index (κ3) is 2.10. The van der Waals surface area contributed by atoms with E-state index in [1.54, 1.807) is 0 Å². The second kappa shape index (κ2) is 4.52. The van der Waals surface area contributed by atoms with Crippen LogP contribution in [0.1, 0.15) is 44.1 Å². The fourth-order valence-corrected chi connectivity index (χ4v) is 1.54. The van der Waals surface area contributed by atoms with E-state index in [1.807, 2.05) is 25.3 Å². The fourth-order valence-electron chi connectivity index (χ4n) is 1.54. The average Bonchev–Trinajstić information content (AvgIpc) is 2.47. The van der Waals surface area contributed by atoms with Crippen molar-refractivity contribution in [2.75, 3.05) is 6.54 Å². The molecule has 1 heterocycles. The summed E-state index contributed by atoms with van der Waals surface area (Å²) in [5.74, 6) is 1.44. The van der Waals surface area contributed by atoms with E-state index in [-0.39, 0.29) is 6.04 Å². The summed E-state index contributed by atoms with van der Waals surface area (Å²) in [5.41, 5.74) is 5.38. The summed E-state index contributed by atoms with van der Waals surface area (Å²) < 4.78 is 1.93. The molecule has 1 aromatic heterocycles. The predicted octanol–water partition coefficient (Wildman–Crippen LogP) is 0.550. The van der Waals surface area contributed by atoms with Crippen molar-refractivity contribution in [3.8, 4) is 0 Å². The number of aromatic nitrogens is 3. The number of aliphatic hydroxyl groups is 1. The first kappa shape index (κ1) is 11.1. The molecule has 0 aliphatic heterocycles. The van der Waals surface area contributed by atoms with Crippen LogP contribution in [0.3, 0.4) is 0 Å². The van der Waals surface area contributed by atoms with Gasteiger partial charge in [-0.15, -0.1) is 10.2 Å². The molecule has 0 unspecified atom stereocenters. The van der Waals surface area contributed by atoms with Crippen LogP contribution in [0.15, 0.2) is 0 Å². The van der Waals surface area contributed by atoms with E-state index >= 15 is 0 Å². The maximum Gasteiger partial charge on any atom is 0.162 e. The molecule has 1 atom stereocenters. The van der Waals surface area contributed by atoms with Crippen molar-refractivity contribution in [2.24, 2.45) is 5.73 Å². The topological polar surface area (TPSA) is 77.0 Å². The maximum atomic E-state index is 9.76. The van der Waals surface area contributed by atoms with E-state index in [0.717, 1.165) is 5.82 Å². The first-order valence-corrected chi connectivity index (χ1v) is 4.87. The van der Waals surface area contributed by atoms with E-state index in [2.05, 4.69) is 10.2 Å². The first-order valence-electron chi connectivity index (χ1n) is 4.87. The zero-order valence-electron chi connectivity index (χ0n) is 8.94. The quantitative estimate of drug-likeness (QED) is 0.740. The van der Waals surface area contributed by atoms with E-state index < -0.39 is 6.10 Å². The normalized spacial score (nSPS) is 13.6. The van der Waals surface area contributed by atoms with Crippen LogP contribution in [0.2, 0.25) is 0 Å². The second-order valence-corrected chi connectivity index (χ2v) is 3.66. The van der Waals surface area contributed by atoms with Crippen LogP contribution < -0.4 is 5.73 Å². The molecule has 5 nitrogen and oxygen atoms in total. The van der Waals surface area contributed by atoms with Crippen LogP contribution in [0.4, 0.5) is 0 Å². The lowest BCUT2D eigenvalue weighted by Gasteiger charge is -2.15. The van der Waals surface area contributed by atoms with Gasteiger partial charge in [-0.25, -0.2) is 0 Å².